The van der Waals surface area contributed by atoms with Gasteiger partial charge in [-0.25, -0.2) is 9.97 Å². The summed E-state index contributed by atoms with van der Waals surface area (Å²) in [6, 6.07) is 15.5. The lowest BCUT2D eigenvalue weighted by Crippen LogP contribution is -2.04. The van der Waals surface area contributed by atoms with Crippen LogP contribution in [0.25, 0.3) is 21.3 Å². The van der Waals surface area contributed by atoms with Gasteiger partial charge in [-0.3, -0.25) is 4.79 Å². The Morgan fingerprint density at radius 3 is 2.66 bits per heavy atom. The van der Waals surface area contributed by atoms with E-state index in [1.54, 1.807) is 24.3 Å². The fourth-order valence-electron chi connectivity index (χ4n) is 3.14. The Kier molecular flexibility index (Phi) is 5.53. The molecule has 29 heavy (non-hydrogen) atoms. The molecule has 0 saturated heterocycles. The number of aromatic nitrogens is 2. The van der Waals surface area contributed by atoms with Crippen LogP contribution in [-0.4, -0.2) is 22.4 Å². The van der Waals surface area contributed by atoms with Crippen molar-refractivity contribution in [1.82, 2.24) is 9.97 Å². The highest BCUT2D eigenvalue weighted by Crippen LogP contribution is 2.37. The van der Waals surface area contributed by atoms with E-state index in [9.17, 15) is 4.79 Å². The lowest BCUT2D eigenvalue weighted by molar-refractivity contribution is 0.101. The first-order chi connectivity index (χ1) is 14.2. The highest BCUT2D eigenvalue weighted by Gasteiger charge is 2.15. The van der Waals surface area contributed by atoms with Gasteiger partial charge in [0.05, 0.1) is 12.0 Å². The Labute approximate surface area is 173 Å². The Hall–Kier alpha value is -3.25. The largest absolute Gasteiger partial charge is 0.493 e. The summed E-state index contributed by atoms with van der Waals surface area (Å²) < 4.78 is 11.8. The van der Waals surface area contributed by atoms with Crippen molar-refractivity contribution in [2.75, 3.05) is 6.61 Å². The van der Waals surface area contributed by atoms with E-state index in [1.807, 2.05) is 37.3 Å². The number of Topliss-reactive ketones (excluding diaryl/α,β-unsaturated/α-hetero) is 1. The van der Waals surface area contributed by atoms with Crippen LogP contribution in [0.5, 0.6) is 11.6 Å². The van der Waals surface area contributed by atoms with Crippen LogP contribution in [0.2, 0.25) is 0 Å². The van der Waals surface area contributed by atoms with Gasteiger partial charge < -0.3 is 9.47 Å². The van der Waals surface area contributed by atoms with E-state index in [4.69, 9.17) is 9.47 Å². The number of benzene rings is 2. The van der Waals surface area contributed by atoms with Gasteiger partial charge in [0.25, 0.3) is 0 Å². The summed E-state index contributed by atoms with van der Waals surface area (Å²) in [5, 5.41) is 2.97. The van der Waals surface area contributed by atoms with Gasteiger partial charge in [-0.15, -0.1) is 11.3 Å². The lowest BCUT2D eigenvalue weighted by atomic mass is 10.1. The number of fused-ring (bicyclic) bond motifs is 1. The lowest BCUT2D eigenvalue weighted by Gasteiger charge is -2.13. The number of carbonyl (C=O) groups is 1. The molecule has 0 aliphatic heterocycles. The van der Waals surface area contributed by atoms with E-state index < -0.39 is 0 Å². The summed E-state index contributed by atoms with van der Waals surface area (Å²) >= 11 is 1.56. The number of ether oxygens (including phenoxy) is 2. The minimum atomic E-state index is 0.00271. The smallest absolute Gasteiger partial charge is 0.226 e. The number of hydrogen-bond acceptors (Lipinski definition) is 6. The molecule has 0 fully saturated rings. The molecule has 0 spiro atoms. The number of thiophene rings is 1. The van der Waals surface area contributed by atoms with E-state index in [1.165, 1.54) is 6.33 Å². The molecule has 0 amide bonds. The topological polar surface area (TPSA) is 61.3 Å². The molecule has 0 aliphatic carbocycles. The van der Waals surface area contributed by atoms with Gasteiger partial charge in [0.1, 0.15) is 23.5 Å². The molecule has 146 valence electrons. The van der Waals surface area contributed by atoms with Crippen LogP contribution in [0.4, 0.5) is 0 Å². The van der Waals surface area contributed by atoms with Crippen molar-refractivity contribution in [2.24, 2.45) is 0 Å². The molecule has 0 radical (unpaired) electrons. The zero-order valence-electron chi connectivity index (χ0n) is 16.2. The second kappa shape index (κ2) is 8.41. The highest BCUT2D eigenvalue weighted by atomic mass is 32.1. The Morgan fingerprint density at radius 1 is 1.07 bits per heavy atom. The predicted molar refractivity (Wildman–Crippen MR) is 115 cm³/mol. The van der Waals surface area contributed by atoms with E-state index in [2.05, 4.69) is 27.5 Å². The molecule has 5 nitrogen and oxygen atoms in total. The number of rotatable bonds is 7. The molecule has 4 aromatic rings. The van der Waals surface area contributed by atoms with Crippen molar-refractivity contribution in [1.29, 1.82) is 0 Å². The standard InChI is InChI=1S/C23H20N2O3S/c1-3-27-20-10-9-17(15(2)26)11-18(20)12-28-22-21-19(16-7-5-4-6-8-16)13-29-23(21)25-14-24-22/h4-11,13-14H,3,12H2,1-2H3. The molecule has 0 saturated carbocycles. The molecule has 2 aromatic carbocycles. The summed E-state index contributed by atoms with van der Waals surface area (Å²) in [5.74, 6) is 1.23. The van der Waals surface area contributed by atoms with Crippen LogP contribution in [0.3, 0.4) is 0 Å². The molecule has 0 aliphatic rings. The maximum Gasteiger partial charge on any atom is 0.226 e. The Bertz CT molecular complexity index is 1160. The van der Waals surface area contributed by atoms with Crippen molar-refractivity contribution in [3.05, 3.63) is 71.4 Å². The predicted octanol–water partition coefficient (Wildman–Crippen LogP) is 5.54. The van der Waals surface area contributed by atoms with Crippen LogP contribution >= 0.6 is 11.3 Å². The maximum absolute atomic E-state index is 11.8. The number of nitrogens with zero attached hydrogens (tertiary/aromatic N) is 2. The molecule has 2 heterocycles. The first-order valence-corrected chi connectivity index (χ1v) is 10.2. The third-order valence-electron chi connectivity index (χ3n) is 4.55. The second-order valence-corrected chi connectivity index (χ2v) is 7.33. The van der Waals surface area contributed by atoms with Crippen molar-refractivity contribution in [3.8, 4) is 22.8 Å². The van der Waals surface area contributed by atoms with E-state index >= 15 is 0 Å². The van der Waals surface area contributed by atoms with Crippen molar-refractivity contribution >= 4 is 27.3 Å². The first kappa shape index (κ1) is 19.1. The van der Waals surface area contributed by atoms with Crippen LogP contribution in [-0.2, 0) is 6.61 Å². The number of hydrogen-bond donors (Lipinski definition) is 0. The van der Waals surface area contributed by atoms with Gasteiger partial charge in [0, 0.05) is 22.1 Å². The van der Waals surface area contributed by atoms with Gasteiger partial charge >= 0.3 is 0 Å². The second-order valence-electron chi connectivity index (χ2n) is 6.47. The summed E-state index contributed by atoms with van der Waals surface area (Å²) in [6.45, 7) is 4.25. The summed E-state index contributed by atoms with van der Waals surface area (Å²) in [4.78, 5) is 21.4. The normalized spacial score (nSPS) is 10.8. The van der Waals surface area contributed by atoms with E-state index in [0.29, 0.717) is 23.8 Å². The third-order valence-corrected chi connectivity index (χ3v) is 5.44. The van der Waals surface area contributed by atoms with Gasteiger partial charge in [-0.1, -0.05) is 30.3 Å². The molecule has 2 aromatic heterocycles. The van der Waals surface area contributed by atoms with Crippen molar-refractivity contribution in [2.45, 2.75) is 20.5 Å². The monoisotopic (exact) mass is 404 g/mol. The summed E-state index contributed by atoms with van der Waals surface area (Å²) in [6.07, 6.45) is 1.51. The van der Waals surface area contributed by atoms with E-state index in [0.717, 1.165) is 26.9 Å². The minimum Gasteiger partial charge on any atom is -0.493 e. The van der Waals surface area contributed by atoms with Gasteiger partial charge in [-0.2, -0.15) is 0 Å². The maximum atomic E-state index is 11.8. The highest BCUT2D eigenvalue weighted by molar-refractivity contribution is 7.17. The average molecular weight is 404 g/mol. The fourth-order valence-corrected chi connectivity index (χ4v) is 4.05. The van der Waals surface area contributed by atoms with Gasteiger partial charge in [-0.05, 0) is 37.6 Å². The summed E-state index contributed by atoms with van der Waals surface area (Å²) in [5.41, 5.74) is 3.57. The minimum absolute atomic E-state index is 0.00271. The van der Waals surface area contributed by atoms with Crippen LogP contribution in [0.1, 0.15) is 29.8 Å². The molecule has 6 heteroatoms. The van der Waals surface area contributed by atoms with Gasteiger partial charge in [0.2, 0.25) is 5.88 Å². The zero-order valence-corrected chi connectivity index (χ0v) is 17.0. The Balaban J connectivity index is 1.70. The van der Waals surface area contributed by atoms with Crippen molar-refractivity contribution < 1.29 is 14.3 Å². The molecule has 0 unspecified atom stereocenters. The molecule has 0 atom stereocenters. The number of ketones is 1. The van der Waals surface area contributed by atoms with Crippen LogP contribution in [0.15, 0.2) is 60.2 Å². The SMILES string of the molecule is CCOc1ccc(C(C)=O)cc1COc1ncnc2scc(-c3ccccc3)c12. The molecule has 0 N–H and O–H groups in total. The zero-order chi connectivity index (χ0) is 20.2. The first-order valence-electron chi connectivity index (χ1n) is 9.34. The quantitative estimate of drug-likeness (QED) is 0.379. The van der Waals surface area contributed by atoms with E-state index in [-0.39, 0.29) is 12.4 Å². The Morgan fingerprint density at radius 2 is 1.90 bits per heavy atom. The van der Waals surface area contributed by atoms with Crippen LogP contribution in [0, 0.1) is 0 Å². The molecular formula is C23H20N2O3S. The average Bonchev–Trinajstić information content (AvgIpc) is 3.18. The summed E-state index contributed by atoms with van der Waals surface area (Å²) in [7, 11) is 0. The molecule has 4 rings (SSSR count). The molecular weight excluding hydrogens is 384 g/mol. The molecule has 0 bridgehead atoms. The van der Waals surface area contributed by atoms with Crippen molar-refractivity contribution in [3.63, 3.8) is 0 Å². The fraction of sp³-hybridized carbons (Fsp3) is 0.174. The third kappa shape index (κ3) is 3.98. The number of carbonyl (C=O) groups excluding carboxylic acids is 1. The van der Waals surface area contributed by atoms with Crippen LogP contribution < -0.4 is 9.47 Å². The van der Waals surface area contributed by atoms with Gasteiger partial charge in [0.15, 0.2) is 5.78 Å².